The van der Waals surface area contributed by atoms with Crippen LogP contribution in [0.15, 0.2) is 34.9 Å². The maximum atomic E-state index is 12.4. The van der Waals surface area contributed by atoms with E-state index in [1.165, 1.54) is 16.9 Å². The van der Waals surface area contributed by atoms with Crippen LogP contribution in [0.5, 0.6) is 11.5 Å². The highest BCUT2D eigenvalue weighted by atomic mass is 19.4. The van der Waals surface area contributed by atoms with Gasteiger partial charge in [-0.15, -0.1) is 10.2 Å². The van der Waals surface area contributed by atoms with Crippen LogP contribution in [0.25, 0.3) is 23.0 Å². The third-order valence-corrected chi connectivity index (χ3v) is 3.76. The number of nitrogens with zero attached hydrogens (tertiary/aromatic N) is 4. The first-order chi connectivity index (χ1) is 12.5. The van der Waals surface area contributed by atoms with Gasteiger partial charge in [0.25, 0.3) is 5.89 Å². The van der Waals surface area contributed by atoms with Gasteiger partial charge in [0.05, 0.1) is 13.0 Å². The standard InChI is InChI=1S/C16H13F3N4O3/c17-16(18,19)4-6-23-11(3-5-20-23)15-22-21-14(26-15)10-1-2-12-13(9-10)25-8-7-24-12/h1-3,5,9H,4,6-8H2. The molecule has 1 aromatic carbocycles. The molecule has 26 heavy (non-hydrogen) atoms. The third kappa shape index (κ3) is 3.35. The zero-order chi connectivity index (χ0) is 18.1. The molecule has 0 amide bonds. The Morgan fingerprint density at radius 3 is 2.58 bits per heavy atom. The topological polar surface area (TPSA) is 75.2 Å². The summed E-state index contributed by atoms with van der Waals surface area (Å²) >= 11 is 0. The SMILES string of the molecule is FC(F)(F)CCn1nccc1-c1nnc(-c2ccc3c(c2)OCCO3)o1. The van der Waals surface area contributed by atoms with E-state index in [0.717, 1.165) is 0 Å². The van der Waals surface area contributed by atoms with Crippen molar-refractivity contribution in [2.75, 3.05) is 13.2 Å². The Morgan fingerprint density at radius 1 is 1.00 bits per heavy atom. The summed E-state index contributed by atoms with van der Waals surface area (Å²) in [6, 6.07) is 6.72. The van der Waals surface area contributed by atoms with Crippen LogP contribution in [0, 0.1) is 0 Å². The normalized spacial score (nSPS) is 13.8. The largest absolute Gasteiger partial charge is 0.486 e. The molecular formula is C16H13F3N4O3. The molecule has 0 radical (unpaired) electrons. The summed E-state index contributed by atoms with van der Waals surface area (Å²) in [5, 5.41) is 11.8. The second kappa shape index (κ2) is 6.36. The van der Waals surface area contributed by atoms with Crippen molar-refractivity contribution < 1.29 is 27.1 Å². The highest BCUT2D eigenvalue weighted by Gasteiger charge is 2.27. The van der Waals surface area contributed by atoms with Crippen LogP contribution in [0.2, 0.25) is 0 Å². The zero-order valence-electron chi connectivity index (χ0n) is 13.4. The Hall–Kier alpha value is -3.04. The van der Waals surface area contributed by atoms with Crippen LogP contribution in [-0.2, 0) is 6.54 Å². The average Bonchev–Trinajstić information content (AvgIpc) is 3.28. The molecule has 0 unspecified atom stereocenters. The summed E-state index contributed by atoms with van der Waals surface area (Å²) in [6.07, 6.45) is -3.88. The zero-order valence-corrected chi connectivity index (χ0v) is 13.4. The molecule has 4 rings (SSSR count). The van der Waals surface area contributed by atoms with E-state index in [4.69, 9.17) is 13.9 Å². The highest BCUT2D eigenvalue weighted by Crippen LogP contribution is 2.34. The number of halogens is 3. The Morgan fingerprint density at radius 2 is 1.77 bits per heavy atom. The van der Waals surface area contributed by atoms with E-state index in [9.17, 15) is 13.2 Å². The number of aryl methyl sites for hydroxylation is 1. The van der Waals surface area contributed by atoms with E-state index in [1.807, 2.05) is 0 Å². The van der Waals surface area contributed by atoms with Gasteiger partial charge >= 0.3 is 6.18 Å². The molecule has 1 aliphatic heterocycles. The van der Waals surface area contributed by atoms with E-state index in [2.05, 4.69) is 15.3 Å². The lowest BCUT2D eigenvalue weighted by Gasteiger charge is -2.18. The first-order valence-corrected chi connectivity index (χ1v) is 7.82. The van der Waals surface area contributed by atoms with Crippen LogP contribution in [0.4, 0.5) is 13.2 Å². The second-order valence-electron chi connectivity index (χ2n) is 5.58. The number of alkyl halides is 3. The molecule has 0 N–H and O–H groups in total. The smallest absolute Gasteiger partial charge is 0.390 e. The van der Waals surface area contributed by atoms with Gasteiger partial charge in [-0.05, 0) is 24.3 Å². The molecule has 0 bridgehead atoms. The third-order valence-electron chi connectivity index (χ3n) is 3.76. The van der Waals surface area contributed by atoms with Crippen molar-refractivity contribution in [2.45, 2.75) is 19.1 Å². The minimum Gasteiger partial charge on any atom is -0.486 e. The Kier molecular flexibility index (Phi) is 4.02. The Bertz CT molecular complexity index is 920. The molecule has 3 heterocycles. The summed E-state index contributed by atoms with van der Waals surface area (Å²) < 4.78 is 55.1. The van der Waals surface area contributed by atoms with E-state index in [1.54, 1.807) is 18.2 Å². The first kappa shape index (κ1) is 16.4. The van der Waals surface area contributed by atoms with Crippen molar-refractivity contribution in [2.24, 2.45) is 0 Å². The molecule has 10 heteroatoms. The van der Waals surface area contributed by atoms with Gasteiger partial charge in [-0.2, -0.15) is 18.3 Å². The molecule has 0 spiro atoms. The molecule has 0 saturated heterocycles. The number of hydrogen-bond donors (Lipinski definition) is 0. The van der Waals surface area contributed by atoms with Gasteiger partial charge in [0, 0.05) is 11.8 Å². The predicted molar refractivity (Wildman–Crippen MR) is 82.6 cm³/mol. The number of fused-ring (bicyclic) bond motifs is 1. The lowest BCUT2D eigenvalue weighted by Crippen LogP contribution is -2.15. The van der Waals surface area contributed by atoms with Gasteiger partial charge < -0.3 is 13.9 Å². The fourth-order valence-corrected chi connectivity index (χ4v) is 2.54. The van der Waals surface area contributed by atoms with Crippen molar-refractivity contribution in [1.29, 1.82) is 0 Å². The van der Waals surface area contributed by atoms with Gasteiger partial charge in [0.1, 0.15) is 18.9 Å². The number of hydrogen-bond acceptors (Lipinski definition) is 6. The number of benzene rings is 1. The average molecular weight is 366 g/mol. The minimum absolute atomic E-state index is 0.0922. The molecule has 0 aliphatic carbocycles. The van der Waals surface area contributed by atoms with Gasteiger partial charge in [-0.1, -0.05) is 0 Å². The summed E-state index contributed by atoms with van der Waals surface area (Å²) in [7, 11) is 0. The number of ether oxygens (including phenoxy) is 2. The summed E-state index contributed by atoms with van der Waals surface area (Å²) in [4.78, 5) is 0. The molecular weight excluding hydrogens is 353 g/mol. The van der Waals surface area contributed by atoms with Gasteiger partial charge in [0.15, 0.2) is 11.5 Å². The minimum atomic E-state index is -4.27. The molecule has 7 nitrogen and oxygen atoms in total. The van der Waals surface area contributed by atoms with E-state index >= 15 is 0 Å². The lowest BCUT2D eigenvalue weighted by molar-refractivity contribution is -0.137. The Balaban J connectivity index is 1.58. The molecule has 3 aromatic rings. The molecule has 136 valence electrons. The quantitative estimate of drug-likeness (QED) is 0.705. The maximum absolute atomic E-state index is 12.4. The molecule has 0 fully saturated rings. The lowest BCUT2D eigenvalue weighted by atomic mass is 10.2. The van der Waals surface area contributed by atoms with Gasteiger partial charge in [0.2, 0.25) is 5.89 Å². The van der Waals surface area contributed by atoms with Crippen LogP contribution in [0.1, 0.15) is 6.42 Å². The van der Waals surface area contributed by atoms with Crippen LogP contribution in [-0.4, -0.2) is 39.4 Å². The van der Waals surface area contributed by atoms with Crippen LogP contribution in [0.3, 0.4) is 0 Å². The fourth-order valence-electron chi connectivity index (χ4n) is 2.54. The van der Waals surface area contributed by atoms with Crippen molar-refractivity contribution in [3.05, 3.63) is 30.5 Å². The maximum Gasteiger partial charge on any atom is 0.390 e. The molecule has 1 aliphatic rings. The molecule has 0 saturated carbocycles. The predicted octanol–water partition coefficient (Wildman–Crippen LogP) is 3.32. The van der Waals surface area contributed by atoms with Gasteiger partial charge in [-0.3, -0.25) is 4.68 Å². The highest BCUT2D eigenvalue weighted by molar-refractivity contribution is 5.61. The van der Waals surface area contributed by atoms with Crippen molar-refractivity contribution in [3.63, 3.8) is 0 Å². The van der Waals surface area contributed by atoms with Crippen molar-refractivity contribution in [1.82, 2.24) is 20.0 Å². The van der Waals surface area contributed by atoms with E-state index in [-0.39, 0.29) is 18.3 Å². The number of aromatic nitrogens is 4. The monoisotopic (exact) mass is 366 g/mol. The fraction of sp³-hybridized carbons (Fsp3) is 0.312. The van der Waals surface area contributed by atoms with Crippen LogP contribution >= 0.6 is 0 Å². The van der Waals surface area contributed by atoms with E-state index < -0.39 is 12.6 Å². The molecule has 2 aromatic heterocycles. The first-order valence-electron chi connectivity index (χ1n) is 7.82. The summed E-state index contributed by atoms with van der Waals surface area (Å²) in [6.45, 7) is 0.608. The van der Waals surface area contributed by atoms with E-state index in [0.29, 0.717) is 36.0 Å². The number of rotatable bonds is 4. The Labute approximate surface area is 145 Å². The summed E-state index contributed by atoms with van der Waals surface area (Å²) in [5.74, 6) is 1.52. The summed E-state index contributed by atoms with van der Waals surface area (Å²) in [5.41, 5.74) is 0.944. The van der Waals surface area contributed by atoms with Gasteiger partial charge in [-0.25, -0.2) is 0 Å². The van der Waals surface area contributed by atoms with Crippen LogP contribution < -0.4 is 9.47 Å². The van der Waals surface area contributed by atoms with Crippen molar-refractivity contribution in [3.8, 4) is 34.5 Å². The molecule has 0 atom stereocenters. The second-order valence-corrected chi connectivity index (χ2v) is 5.58. The van der Waals surface area contributed by atoms with Crippen molar-refractivity contribution >= 4 is 0 Å².